The van der Waals surface area contributed by atoms with Gasteiger partial charge in [-0.25, -0.2) is 9.59 Å². The Morgan fingerprint density at radius 2 is 0.610 bits per heavy atom. The molecule has 0 bridgehead atoms. The smallest absolute Gasteiger partial charge is 0.445 e. The number of hydrogen-bond acceptors (Lipinski definition) is 7. The molecule has 8 nitrogen and oxygen atoms in total. The van der Waals surface area contributed by atoms with Crippen LogP contribution in [0.2, 0.25) is 0 Å². The summed E-state index contributed by atoms with van der Waals surface area (Å²) in [6.07, 6.45) is -8.08. The van der Waals surface area contributed by atoms with Crippen LogP contribution in [-0.4, -0.2) is 144 Å². The molecule has 0 unspecified atom stereocenters. The fourth-order valence-electron chi connectivity index (χ4n) is 5.66. The predicted molar refractivity (Wildman–Crippen MR) is 170 cm³/mol. The first kappa shape index (κ1) is 74.1. The SMILES string of the molecule is CC(=O)OCNC(=O)c1c(N=C=O)cc(N=C=O)c(C)c1C(F)(F)C(F)(F)C(F)(F)C(F)(F)C(F)(F)C(F)(F)C(F)(F)C(F)(F)C(F)(F)C(F)(F)C(F)(F)C(F)(F)C(F)(F)C(F)(F)C(F)(F)C(F)(F)C(F)(F)C(F)(F)C(F)(F)C(F)(F)F. The Bertz CT molecular complexity index is 2710. The number of isocyanates is 2. The van der Waals surface area contributed by atoms with E-state index in [0.717, 1.165) is 5.32 Å². The maximum atomic E-state index is 15.8. The Hall–Kier alpha value is -5.95. The van der Waals surface area contributed by atoms with Crippen LogP contribution in [0.15, 0.2) is 16.1 Å². The summed E-state index contributed by atoms with van der Waals surface area (Å²) < 4.78 is 586. The van der Waals surface area contributed by atoms with Gasteiger partial charge < -0.3 is 10.1 Å². The Morgan fingerprint density at radius 1 is 0.390 bits per heavy atom. The Labute approximate surface area is 417 Å². The lowest BCUT2D eigenvalue weighted by atomic mass is 9.81. The number of halogens is 41. The fourth-order valence-corrected chi connectivity index (χ4v) is 5.66. The third-order valence-electron chi connectivity index (χ3n) is 10.4. The van der Waals surface area contributed by atoms with Crippen molar-refractivity contribution in [1.82, 2.24) is 5.32 Å². The molecular weight excluding hydrogens is 1300 g/mol. The number of benzene rings is 1. The molecule has 0 saturated heterocycles. The lowest BCUT2D eigenvalue weighted by Gasteiger charge is -2.47. The van der Waals surface area contributed by atoms with Gasteiger partial charge in [-0.15, -0.1) is 0 Å². The molecule has 1 aromatic rings. The summed E-state index contributed by atoms with van der Waals surface area (Å²) in [5, 5.41) is 1.00. The van der Waals surface area contributed by atoms with Crippen molar-refractivity contribution in [3.63, 3.8) is 0 Å². The molecule has 1 N–H and O–H groups in total. The van der Waals surface area contributed by atoms with Crippen LogP contribution >= 0.6 is 0 Å². The molecule has 0 fully saturated rings. The van der Waals surface area contributed by atoms with Gasteiger partial charge in [-0.2, -0.15) is 190 Å². The lowest BCUT2D eigenvalue weighted by molar-refractivity contribution is -0.495. The molecule has 0 aromatic heterocycles. The molecule has 1 amide bonds. The minimum absolute atomic E-state index is 0.221. The molecule has 0 saturated carbocycles. The molecule has 0 heterocycles. The van der Waals surface area contributed by atoms with Gasteiger partial charge in [0.2, 0.25) is 12.2 Å². The first-order valence-corrected chi connectivity index (χ1v) is 18.4. The number of amides is 1. The van der Waals surface area contributed by atoms with Crippen LogP contribution < -0.4 is 5.32 Å². The van der Waals surface area contributed by atoms with Gasteiger partial charge in [0.25, 0.3) is 5.91 Å². The fraction of sp³-hybridized carbons (Fsp3) is 0.697. The second kappa shape index (κ2) is 20.1. The Kier molecular flexibility index (Phi) is 18.2. The molecule has 0 aliphatic heterocycles. The van der Waals surface area contributed by atoms with Gasteiger partial charge >= 0.3 is 125 Å². The maximum Gasteiger partial charge on any atom is 0.460 e. The lowest BCUT2D eigenvalue weighted by Crippen LogP contribution is -2.80. The van der Waals surface area contributed by atoms with Gasteiger partial charge in [-0.05, 0) is 18.6 Å². The van der Waals surface area contributed by atoms with Crippen molar-refractivity contribution in [2.45, 2.75) is 133 Å². The van der Waals surface area contributed by atoms with Gasteiger partial charge in [0.1, 0.15) is 0 Å². The molecular formula is C33H10F41N3O5. The van der Waals surface area contributed by atoms with Crippen LogP contribution in [0.5, 0.6) is 0 Å². The Morgan fingerprint density at radius 3 is 0.829 bits per heavy atom. The summed E-state index contributed by atoms with van der Waals surface area (Å²) >= 11 is 0. The molecule has 0 aliphatic carbocycles. The highest BCUT2D eigenvalue weighted by atomic mass is 19.4. The van der Waals surface area contributed by atoms with E-state index in [1.165, 1.54) is 0 Å². The van der Waals surface area contributed by atoms with Crippen molar-refractivity contribution in [3.8, 4) is 0 Å². The number of carbonyl (C=O) groups excluding carboxylic acids is 4. The van der Waals surface area contributed by atoms with Crippen molar-refractivity contribution in [2.75, 3.05) is 6.73 Å². The monoisotopic (exact) mass is 1310 g/mol. The van der Waals surface area contributed by atoms with Gasteiger partial charge in [0, 0.05) is 12.5 Å². The molecule has 0 aliphatic rings. The molecule has 0 spiro atoms. The molecule has 1 aromatic carbocycles. The third kappa shape index (κ3) is 9.22. The molecule has 49 heteroatoms. The minimum atomic E-state index is -10.7. The van der Waals surface area contributed by atoms with Crippen molar-refractivity contribution in [3.05, 3.63) is 22.8 Å². The van der Waals surface area contributed by atoms with E-state index in [4.69, 9.17) is 0 Å². The second-order valence-electron chi connectivity index (χ2n) is 15.4. The van der Waals surface area contributed by atoms with Crippen molar-refractivity contribution < 1.29 is 204 Å². The third-order valence-corrected chi connectivity index (χ3v) is 10.4. The topological polar surface area (TPSA) is 114 Å². The van der Waals surface area contributed by atoms with Gasteiger partial charge in [-0.1, -0.05) is 0 Å². The van der Waals surface area contributed by atoms with E-state index < -0.39 is 165 Å². The number of ether oxygens (including phenoxy) is 1. The first-order chi connectivity index (χ1) is 35.4. The highest BCUT2D eigenvalue weighted by Crippen LogP contribution is 2.72. The normalized spacial score (nSPS) is 15.6. The van der Waals surface area contributed by atoms with Crippen molar-refractivity contribution >= 4 is 35.4 Å². The number of rotatable bonds is 24. The van der Waals surface area contributed by atoms with Crippen LogP contribution in [0.25, 0.3) is 0 Å². The van der Waals surface area contributed by atoms with Crippen LogP contribution in [-0.2, 0) is 25.0 Å². The number of nitrogens with one attached hydrogen (secondary N) is 1. The average Bonchev–Trinajstić information content (AvgIpc) is 3.27. The standard InChI is InChI=1S/C33H10F41N3O5/c1-7-9(75-4-78)3-10(76-5-79)11(13(81)77-6-82-8(2)80)12(7)14(34,35)15(36,37)16(38,39)17(40,41)18(42,43)19(44,45)20(46,47)21(48,49)22(50,51)23(52,53)24(54,55)25(56,57)26(58,59)27(60,61)28(62,63)29(64,65)30(66,67)31(68,69)32(70,71)33(72,73)74/h3H,6H2,1-2H3,(H,77,81). The predicted octanol–water partition coefficient (Wildman–Crippen LogP) is 14.3. The van der Waals surface area contributed by atoms with E-state index in [1.54, 1.807) is 0 Å². The summed E-state index contributed by atoms with van der Waals surface area (Å²) in [6.45, 7) is -1.72. The number of hydrogen-bond donors (Lipinski definition) is 1. The van der Waals surface area contributed by atoms with Crippen LogP contribution in [0.4, 0.5) is 191 Å². The van der Waals surface area contributed by atoms with Crippen molar-refractivity contribution in [1.29, 1.82) is 0 Å². The number of esters is 1. The van der Waals surface area contributed by atoms with Gasteiger partial charge in [0.15, 0.2) is 6.73 Å². The van der Waals surface area contributed by atoms with E-state index in [9.17, 15) is 173 Å². The van der Waals surface area contributed by atoms with Crippen molar-refractivity contribution in [2.24, 2.45) is 9.98 Å². The van der Waals surface area contributed by atoms with Crippen LogP contribution in [0, 0.1) is 6.92 Å². The first-order valence-electron chi connectivity index (χ1n) is 18.4. The minimum Gasteiger partial charge on any atom is -0.445 e. The van der Waals surface area contributed by atoms with Gasteiger partial charge in [0.05, 0.1) is 16.9 Å². The second-order valence-corrected chi connectivity index (χ2v) is 15.4. The molecule has 0 atom stereocenters. The van der Waals surface area contributed by atoms with E-state index in [-0.39, 0.29) is 25.1 Å². The zero-order chi connectivity index (χ0) is 66.7. The number of aliphatic imine (C=N–C) groups is 2. The molecule has 0 radical (unpaired) electrons. The zero-order valence-electron chi connectivity index (χ0n) is 36.7. The number of nitrogens with zero attached hydrogens (tertiary/aromatic N) is 2. The maximum absolute atomic E-state index is 15.8. The number of carbonyl (C=O) groups is 2. The highest BCUT2D eigenvalue weighted by molar-refractivity contribution is 6.02. The number of alkyl halides is 41. The summed E-state index contributed by atoms with van der Waals surface area (Å²) in [5.41, 5.74) is -12.8. The largest absolute Gasteiger partial charge is 0.460 e. The highest BCUT2D eigenvalue weighted by Gasteiger charge is 3.03. The van der Waals surface area contributed by atoms with E-state index in [0.29, 0.717) is 6.92 Å². The quantitative estimate of drug-likeness (QED) is 0.0364. The summed E-state index contributed by atoms with van der Waals surface area (Å²) in [7, 11) is 0. The van der Waals surface area contributed by atoms with E-state index in [1.807, 2.05) is 0 Å². The summed E-state index contributed by atoms with van der Waals surface area (Å²) in [6, 6.07) is -0.275. The van der Waals surface area contributed by atoms with E-state index >= 15 is 26.3 Å². The van der Waals surface area contributed by atoms with E-state index in [2.05, 4.69) is 14.7 Å². The van der Waals surface area contributed by atoms with Gasteiger partial charge in [-0.3, -0.25) is 9.59 Å². The zero-order valence-corrected chi connectivity index (χ0v) is 36.7. The van der Waals surface area contributed by atoms with Crippen LogP contribution in [0.3, 0.4) is 0 Å². The molecule has 82 heavy (non-hydrogen) atoms. The molecule has 474 valence electrons. The van der Waals surface area contributed by atoms with Crippen LogP contribution in [0.1, 0.15) is 28.4 Å². The molecule has 1 rings (SSSR count). The summed E-state index contributed by atoms with van der Waals surface area (Å²) in [4.78, 5) is 50.0. The summed E-state index contributed by atoms with van der Waals surface area (Å²) in [5.74, 6) is -197. The average molecular weight is 1310 g/mol. The Balaban J connectivity index is 4.37.